The van der Waals surface area contributed by atoms with Gasteiger partial charge in [0.25, 0.3) is 0 Å². The van der Waals surface area contributed by atoms with Crippen LogP contribution < -0.4 is 0 Å². The van der Waals surface area contributed by atoms with E-state index in [1.54, 1.807) is 0 Å². The van der Waals surface area contributed by atoms with Crippen molar-refractivity contribution in [2.75, 3.05) is 53.5 Å². The first-order valence-electron chi connectivity index (χ1n) is 38.4. The van der Waals surface area contributed by atoms with Gasteiger partial charge in [-0.05, 0) is 155 Å². The summed E-state index contributed by atoms with van der Waals surface area (Å²) in [5.74, 6) is -0.408. The summed E-state index contributed by atoms with van der Waals surface area (Å²) in [5, 5.41) is 0. The second-order valence-electron chi connectivity index (χ2n) is 25.9. The van der Waals surface area contributed by atoms with Crippen molar-refractivity contribution >= 4 is 23.9 Å². The molecule has 0 bridgehead atoms. The Morgan fingerprint density at radius 1 is 0.304 bits per heavy atom. The fourth-order valence-corrected chi connectivity index (χ4v) is 10.9. The molecule has 0 aliphatic rings. The predicted molar refractivity (Wildman–Crippen MR) is 394 cm³/mol. The van der Waals surface area contributed by atoms with E-state index in [0.29, 0.717) is 52.0 Å². The molecule has 10 nitrogen and oxygen atoms in total. The lowest BCUT2D eigenvalue weighted by molar-refractivity contribution is -0.150. The molecule has 0 radical (unpaired) electrons. The first-order valence-corrected chi connectivity index (χ1v) is 38.4. The third-order valence-electron chi connectivity index (χ3n) is 16.7. The number of allylic oxidation sites excluding steroid dienone is 14. The zero-order chi connectivity index (χ0) is 66.9. The van der Waals surface area contributed by atoms with Crippen molar-refractivity contribution in [3.8, 4) is 0 Å². The summed E-state index contributed by atoms with van der Waals surface area (Å²) in [6, 6.07) is 0. The highest BCUT2D eigenvalue weighted by atomic mass is 16.6. The molecule has 0 aromatic carbocycles. The van der Waals surface area contributed by atoms with Gasteiger partial charge in [0.05, 0.1) is 26.1 Å². The van der Waals surface area contributed by atoms with Crippen LogP contribution in [0, 0.1) is 0 Å². The van der Waals surface area contributed by atoms with Crippen molar-refractivity contribution in [1.82, 2.24) is 9.80 Å². The number of likely N-dealkylation sites (N-methyl/N-ethyl adjacent to an activating group) is 1. The Labute approximate surface area is 567 Å². The Balaban J connectivity index is 4.24. The Bertz CT molecular complexity index is 1770. The molecular weight excluding hydrogens is 1140 g/mol. The van der Waals surface area contributed by atoms with E-state index in [4.69, 9.17) is 18.9 Å². The summed E-state index contributed by atoms with van der Waals surface area (Å²) in [4.78, 5) is 55.3. The summed E-state index contributed by atoms with van der Waals surface area (Å²) in [7, 11) is 4.07. The average molecular weight is 1290 g/mol. The molecule has 92 heavy (non-hydrogen) atoms. The number of esters is 4. The maximum Gasteiger partial charge on any atom is 0.307 e. The number of ether oxygens (including phenoxy) is 4. The topological polar surface area (TPSA) is 112 Å². The number of hydrogen-bond donors (Lipinski definition) is 0. The van der Waals surface area contributed by atoms with E-state index in [1.807, 2.05) is 14.1 Å². The molecule has 530 valence electrons. The zero-order valence-corrected chi connectivity index (χ0v) is 60.7. The van der Waals surface area contributed by atoms with Gasteiger partial charge >= 0.3 is 23.9 Å². The molecule has 0 saturated carbocycles. The van der Waals surface area contributed by atoms with E-state index in [0.717, 1.165) is 193 Å². The minimum atomic E-state index is -0.173. The fourth-order valence-electron chi connectivity index (χ4n) is 10.9. The summed E-state index contributed by atoms with van der Waals surface area (Å²) >= 11 is 0. The number of nitrogens with zero attached hydrogens (tertiary/aromatic N) is 2. The lowest BCUT2D eigenvalue weighted by Gasteiger charge is -2.23. The van der Waals surface area contributed by atoms with E-state index in [1.165, 1.54) is 103 Å². The van der Waals surface area contributed by atoms with Gasteiger partial charge in [0.1, 0.15) is 12.2 Å². The van der Waals surface area contributed by atoms with Crippen LogP contribution in [-0.2, 0) is 38.1 Å². The van der Waals surface area contributed by atoms with E-state index < -0.39 is 0 Å². The van der Waals surface area contributed by atoms with Crippen molar-refractivity contribution in [2.24, 2.45) is 0 Å². The number of rotatable bonds is 69. The van der Waals surface area contributed by atoms with Crippen LogP contribution in [0.2, 0.25) is 0 Å². The molecule has 0 aliphatic carbocycles. The monoisotopic (exact) mass is 1290 g/mol. The summed E-state index contributed by atoms with van der Waals surface area (Å²) in [6.07, 6.45) is 85.7. The SMILES string of the molecule is CC/C=C\C/C=C\C/C=C\CCCCCCCC(=O)OC(C/C=C\CCCCCCCCOC(=O)CCN(CCC(=O)OCCCCCCCC/C=C\CC(CCCCCC)OC(=O)CCCCCCC/C=C\C/C=C\C/C=C\CC)CCN(C)C)CCCCCC. The van der Waals surface area contributed by atoms with Crippen LogP contribution in [0.4, 0.5) is 0 Å². The molecule has 0 aromatic rings. The van der Waals surface area contributed by atoms with Crippen molar-refractivity contribution in [3.63, 3.8) is 0 Å². The maximum atomic E-state index is 12.8. The lowest BCUT2D eigenvalue weighted by atomic mass is 10.1. The zero-order valence-electron chi connectivity index (χ0n) is 60.7. The van der Waals surface area contributed by atoms with E-state index in [2.05, 4.69) is 135 Å². The fraction of sp³-hybridized carbons (Fsp3) is 0.756. The molecule has 2 atom stereocenters. The molecule has 0 saturated heterocycles. The van der Waals surface area contributed by atoms with E-state index in [-0.39, 0.29) is 36.1 Å². The molecule has 0 aliphatic heterocycles. The van der Waals surface area contributed by atoms with E-state index >= 15 is 0 Å². The van der Waals surface area contributed by atoms with Crippen LogP contribution in [0.25, 0.3) is 0 Å². The minimum Gasteiger partial charge on any atom is -0.466 e. The molecular formula is C82H144N2O8. The van der Waals surface area contributed by atoms with Crippen LogP contribution in [0.1, 0.15) is 336 Å². The van der Waals surface area contributed by atoms with Gasteiger partial charge in [0.2, 0.25) is 0 Å². The Morgan fingerprint density at radius 3 is 0.978 bits per heavy atom. The molecule has 0 aromatic heterocycles. The lowest BCUT2D eigenvalue weighted by Crippen LogP contribution is -2.35. The van der Waals surface area contributed by atoms with Gasteiger partial charge in [-0.25, -0.2) is 0 Å². The van der Waals surface area contributed by atoms with Gasteiger partial charge < -0.3 is 28.7 Å². The second-order valence-corrected chi connectivity index (χ2v) is 25.9. The maximum absolute atomic E-state index is 12.8. The van der Waals surface area contributed by atoms with Gasteiger partial charge in [0.15, 0.2) is 0 Å². The minimum absolute atomic E-state index is 0.0151. The molecule has 0 rings (SSSR count). The highest BCUT2D eigenvalue weighted by Gasteiger charge is 2.16. The smallest absolute Gasteiger partial charge is 0.307 e. The van der Waals surface area contributed by atoms with Crippen LogP contribution in [0.3, 0.4) is 0 Å². The van der Waals surface area contributed by atoms with Gasteiger partial charge in [-0.1, -0.05) is 253 Å². The Kier molecular flexibility index (Phi) is 69.2. The summed E-state index contributed by atoms with van der Waals surface area (Å²) in [6.45, 7) is 12.5. The summed E-state index contributed by atoms with van der Waals surface area (Å²) in [5.41, 5.74) is 0. The van der Waals surface area contributed by atoms with Gasteiger partial charge in [0, 0.05) is 51.9 Å². The van der Waals surface area contributed by atoms with Crippen LogP contribution in [0.15, 0.2) is 97.2 Å². The van der Waals surface area contributed by atoms with Crippen molar-refractivity contribution in [1.29, 1.82) is 0 Å². The van der Waals surface area contributed by atoms with Crippen molar-refractivity contribution < 1.29 is 38.1 Å². The van der Waals surface area contributed by atoms with Crippen LogP contribution in [0.5, 0.6) is 0 Å². The van der Waals surface area contributed by atoms with Gasteiger partial charge in [-0.3, -0.25) is 19.2 Å². The van der Waals surface area contributed by atoms with Gasteiger partial charge in [-0.15, -0.1) is 0 Å². The molecule has 0 amide bonds. The highest BCUT2D eigenvalue weighted by Crippen LogP contribution is 2.19. The predicted octanol–water partition coefficient (Wildman–Crippen LogP) is 23.0. The second kappa shape index (κ2) is 72.5. The molecule has 2 unspecified atom stereocenters. The molecule has 10 heteroatoms. The first-order chi connectivity index (χ1) is 45.1. The van der Waals surface area contributed by atoms with Crippen LogP contribution >= 0.6 is 0 Å². The molecule has 0 heterocycles. The third kappa shape index (κ3) is 68.6. The first kappa shape index (κ1) is 87.7. The number of carbonyl (C=O) groups is 4. The normalized spacial score (nSPS) is 13.0. The highest BCUT2D eigenvalue weighted by molar-refractivity contribution is 5.70. The average Bonchev–Trinajstić information content (AvgIpc) is 3.77. The van der Waals surface area contributed by atoms with Crippen molar-refractivity contribution in [2.45, 2.75) is 348 Å². The van der Waals surface area contributed by atoms with Crippen molar-refractivity contribution in [3.05, 3.63) is 97.2 Å². The Morgan fingerprint density at radius 2 is 0.620 bits per heavy atom. The molecule has 0 fully saturated rings. The quantitative estimate of drug-likeness (QED) is 0.0253. The molecule has 0 spiro atoms. The Hall–Kier alpha value is -4.28. The van der Waals surface area contributed by atoms with Crippen LogP contribution in [-0.4, -0.2) is 99.4 Å². The number of hydrogen-bond acceptors (Lipinski definition) is 10. The van der Waals surface area contributed by atoms with E-state index in [9.17, 15) is 19.2 Å². The third-order valence-corrected chi connectivity index (χ3v) is 16.7. The standard InChI is InChI=1S/C82H144N2O8/c1-7-11-15-19-21-23-25-27-29-31-33-39-45-51-59-67-81(87)91-77(63-55-17-13-9-3)65-57-49-43-37-35-41-47-53-61-75-89-79(85)69-71-84(74-73-83(5)6)72-70-80(86)90-76-62-54-48-42-36-38-44-50-58-66-78(64-56-18-14-10-4)92-82(88)68-60-52-46-40-34-32-30-28-26-24-22-20-16-12-8-2/h11-12,15-16,21-24,27-30,49-50,57-58,77-78H,7-10,13-14,17-20,25-26,31-48,51-56,59-76H2,1-6H3/b15-11-,16-12-,23-21-,24-22-,29-27-,30-28-,57-49-,58-50-. The number of unbranched alkanes of at least 4 members (excludes halogenated alkanes) is 28. The summed E-state index contributed by atoms with van der Waals surface area (Å²) < 4.78 is 23.3. The van der Waals surface area contributed by atoms with Gasteiger partial charge in [-0.2, -0.15) is 0 Å². The molecule has 0 N–H and O–H groups in total. The number of carbonyl (C=O) groups excluding carboxylic acids is 4. The largest absolute Gasteiger partial charge is 0.466 e.